The van der Waals surface area contributed by atoms with Gasteiger partial charge in [-0.2, -0.15) is 0 Å². The second kappa shape index (κ2) is 8.33. The molecule has 5 heteroatoms. The quantitative estimate of drug-likeness (QED) is 0.383. The average molecular weight is 404 g/mol. The van der Waals surface area contributed by atoms with Crippen LogP contribution < -0.4 is 9.47 Å². The summed E-state index contributed by atoms with van der Waals surface area (Å²) in [6, 6.07) is 16.7. The highest BCUT2D eigenvalue weighted by molar-refractivity contribution is 6.11. The van der Waals surface area contributed by atoms with Gasteiger partial charge in [-0.05, 0) is 79.2 Å². The van der Waals surface area contributed by atoms with E-state index in [9.17, 15) is 13.6 Å². The van der Waals surface area contributed by atoms with Crippen molar-refractivity contribution in [2.45, 2.75) is 6.92 Å². The zero-order chi connectivity index (χ0) is 21.1. The van der Waals surface area contributed by atoms with E-state index in [0.717, 1.165) is 0 Å². The minimum Gasteiger partial charge on any atom is -0.490 e. The number of rotatable bonds is 5. The van der Waals surface area contributed by atoms with E-state index in [1.165, 1.54) is 42.5 Å². The summed E-state index contributed by atoms with van der Waals surface area (Å²) in [4.78, 5) is 12.8. The monoisotopic (exact) mass is 404 g/mol. The molecule has 0 amide bonds. The van der Waals surface area contributed by atoms with Gasteiger partial charge in [-0.3, -0.25) is 4.79 Å². The highest BCUT2D eigenvalue weighted by Crippen LogP contribution is 2.43. The van der Waals surface area contributed by atoms with Crippen LogP contribution >= 0.6 is 0 Å². The number of fused-ring (bicyclic) bond motifs is 1. The predicted molar refractivity (Wildman–Crippen MR) is 111 cm³/mol. The van der Waals surface area contributed by atoms with Crippen molar-refractivity contribution in [2.75, 3.05) is 6.61 Å². The lowest BCUT2D eigenvalue weighted by Crippen LogP contribution is -2.07. The number of ether oxygens (including phenoxy) is 2. The second-order valence-corrected chi connectivity index (χ2v) is 6.65. The van der Waals surface area contributed by atoms with Gasteiger partial charge >= 0.3 is 0 Å². The lowest BCUT2D eigenvalue weighted by atomic mass is 9.96. The van der Waals surface area contributed by atoms with Crippen molar-refractivity contribution in [1.29, 1.82) is 0 Å². The topological polar surface area (TPSA) is 35.5 Å². The maximum atomic E-state index is 13.4. The molecule has 0 saturated carbocycles. The molecule has 0 atom stereocenters. The summed E-state index contributed by atoms with van der Waals surface area (Å²) < 4.78 is 38.3. The molecule has 0 spiro atoms. The first kappa shape index (κ1) is 19.6. The number of para-hydroxylation sites is 1. The molecule has 3 aromatic carbocycles. The van der Waals surface area contributed by atoms with Gasteiger partial charge in [0.2, 0.25) is 0 Å². The van der Waals surface area contributed by atoms with E-state index in [1.54, 1.807) is 24.3 Å². The molecule has 1 heterocycles. The fourth-order valence-corrected chi connectivity index (χ4v) is 3.19. The number of allylic oxidation sites excluding steroid dienone is 3. The van der Waals surface area contributed by atoms with E-state index in [0.29, 0.717) is 46.1 Å². The number of hydrogen-bond donors (Lipinski definition) is 0. The van der Waals surface area contributed by atoms with E-state index in [1.807, 2.05) is 19.1 Å². The molecule has 30 heavy (non-hydrogen) atoms. The average Bonchev–Trinajstić information content (AvgIpc) is 2.75. The normalized spacial score (nSPS) is 14.0. The molecular weight excluding hydrogens is 386 g/mol. The van der Waals surface area contributed by atoms with Crippen LogP contribution in [0.3, 0.4) is 0 Å². The lowest BCUT2D eigenvalue weighted by Gasteiger charge is -2.23. The Labute approximate surface area is 172 Å². The Morgan fingerprint density at radius 2 is 1.63 bits per heavy atom. The number of hydrogen-bond acceptors (Lipinski definition) is 3. The minimum atomic E-state index is -0.407. The summed E-state index contributed by atoms with van der Waals surface area (Å²) in [7, 11) is 0. The number of carbonyl (C=O) groups excluding carboxylic acids is 1. The van der Waals surface area contributed by atoms with Gasteiger partial charge in [0.15, 0.2) is 17.3 Å². The molecule has 0 aromatic heterocycles. The predicted octanol–water partition coefficient (Wildman–Crippen LogP) is 6.06. The van der Waals surface area contributed by atoms with Gasteiger partial charge < -0.3 is 9.47 Å². The molecule has 4 rings (SSSR count). The summed E-state index contributed by atoms with van der Waals surface area (Å²) in [6.45, 7) is 2.32. The molecule has 0 saturated heterocycles. The van der Waals surface area contributed by atoms with Crippen LogP contribution in [0.1, 0.15) is 28.4 Å². The van der Waals surface area contributed by atoms with Gasteiger partial charge in [0, 0.05) is 16.7 Å². The third kappa shape index (κ3) is 4.01. The standard InChI is InChI=1S/C25H18F2O3/c1-2-29-23-5-3-4-21-18(14-22(28)16-6-10-19(26)11-7-16)15-24(30-25(21)23)17-8-12-20(27)13-9-17/h3-15H,2H2,1H3/b18-14+. The Morgan fingerprint density at radius 3 is 2.30 bits per heavy atom. The maximum Gasteiger partial charge on any atom is 0.186 e. The van der Waals surface area contributed by atoms with Crippen LogP contribution in [-0.4, -0.2) is 12.4 Å². The van der Waals surface area contributed by atoms with Crippen molar-refractivity contribution in [3.63, 3.8) is 0 Å². The molecule has 3 aromatic rings. The van der Waals surface area contributed by atoms with E-state index in [4.69, 9.17) is 9.47 Å². The third-order valence-electron chi connectivity index (χ3n) is 4.63. The summed E-state index contributed by atoms with van der Waals surface area (Å²) >= 11 is 0. The van der Waals surface area contributed by atoms with Crippen LogP contribution in [0.15, 0.2) is 78.9 Å². The van der Waals surface area contributed by atoms with Gasteiger partial charge in [-0.15, -0.1) is 0 Å². The summed E-state index contributed by atoms with van der Waals surface area (Å²) in [6.07, 6.45) is 3.21. The zero-order valence-corrected chi connectivity index (χ0v) is 16.2. The summed E-state index contributed by atoms with van der Waals surface area (Å²) in [5.41, 5.74) is 2.34. The number of benzene rings is 3. The Bertz CT molecular complexity index is 1140. The summed E-state index contributed by atoms with van der Waals surface area (Å²) in [5, 5.41) is 0. The molecule has 3 nitrogen and oxygen atoms in total. The van der Waals surface area contributed by atoms with Crippen molar-refractivity contribution >= 4 is 17.1 Å². The van der Waals surface area contributed by atoms with Gasteiger partial charge in [0.05, 0.1) is 6.61 Å². The van der Waals surface area contributed by atoms with Gasteiger partial charge in [-0.25, -0.2) is 8.78 Å². The molecule has 0 bridgehead atoms. The van der Waals surface area contributed by atoms with Crippen molar-refractivity contribution in [1.82, 2.24) is 0 Å². The fraction of sp³-hybridized carbons (Fsp3) is 0.0800. The molecule has 0 fully saturated rings. The first-order chi connectivity index (χ1) is 14.5. The third-order valence-corrected chi connectivity index (χ3v) is 4.63. The number of halogens is 2. The molecule has 0 aliphatic carbocycles. The molecular formula is C25H18F2O3. The smallest absolute Gasteiger partial charge is 0.186 e. The summed E-state index contributed by atoms with van der Waals surface area (Å²) in [5.74, 6) is 0.465. The second-order valence-electron chi connectivity index (χ2n) is 6.65. The van der Waals surface area contributed by atoms with Crippen LogP contribution in [-0.2, 0) is 0 Å². The first-order valence-corrected chi connectivity index (χ1v) is 9.48. The van der Waals surface area contributed by atoms with E-state index in [2.05, 4.69) is 0 Å². The molecule has 150 valence electrons. The first-order valence-electron chi connectivity index (χ1n) is 9.48. The van der Waals surface area contributed by atoms with Crippen LogP contribution in [0, 0.1) is 11.6 Å². The van der Waals surface area contributed by atoms with Crippen molar-refractivity contribution in [3.05, 3.63) is 107 Å². The van der Waals surface area contributed by atoms with Gasteiger partial charge in [-0.1, -0.05) is 12.1 Å². The molecule has 0 radical (unpaired) electrons. The molecule has 0 unspecified atom stereocenters. The van der Waals surface area contributed by atoms with Crippen LogP contribution in [0.4, 0.5) is 8.78 Å². The molecule has 1 aliphatic rings. The van der Waals surface area contributed by atoms with E-state index < -0.39 is 5.82 Å². The van der Waals surface area contributed by atoms with Crippen molar-refractivity contribution < 1.29 is 23.0 Å². The van der Waals surface area contributed by atoms with Gasteiger partial charge in [0.25, 0.3) is 0 Å². The number of carbonyl (C=O) groups is 1. The Morgan fingerprint density at radius 1 is 0.967 bits per heavy atom. The molecule has 1 aliphatic heterocycles. The highest BCUT2D eigenvalue weighted by Gasteiger charge is 2.22. The fourth-order valence-electron chi connectivity index (χ4n) is 3.19. The van der Waals surface area contributed by atoms with Gasteiger partial charge in [0.1, 0.15) is 17.4 Å². The number of ketones is 1. The van der Waals surface area contributed by atoms with Crippen LogP contribution in [0.5, 0.6) is 11.5 Å². The zero-order valence-electron chi connectivity index (χ0n) is 16.2. The molecule has 0 N–H and O–H groups in total. The van der Waals surface area contributed by atoms with Crippen LogP contribution in [0.25, 0.3) is 11.3 Å². The van der Waals surface area contributed by atoms with E-state index in [-0.39, 0.29) is 11.6 Å². The van der Waals surface area contributed by atoms with Crippen molar-refractivity contribution in [2.24, 2.45) is 0 Å². The Balaban J connectivity index is 1.82. The Kier molecular flexibility index (Phi) is 5.44. The lowest BCUT2D eigenvalue weighted by molar-refractivity contribution is 0.104. The Hall–Kier alpha value is -3.73. The largest absolute Gasteiger partial charge is 0.490 e. The van der Waals surface area contributed by atoms with Crippen molar-refractivity contribution in [3.8, 4) is 11.5 Å². The SMILES string of the molecule is CCOc1cccc2c1OC(c1ccc(F)cc1)=C/C2=C\C(=O)c1ccc(F)cc1. The van der Waals surface area contributed by atoms with E-state index >= 15 is 0 Å². The minimum absolute atomic E-state index is 0.269. The highest BCUT2D eigenvalue weighted by atomic mass is 19.1. The maximum absolute atomic E-state index is 13.4. The van der Waals surface area contributed by atoms with Crippen LogP contribution in [0.2, 0.25) is 0 Å².